The molecule has 2 aromatic carbocycles. The van der Waals surface area contributed by atoms with Crippen molar-refractivity contribution >= 4 is 17.3 Å². The molecule has 2 aromatic rings. The molecule has 4 heteroatoms. The molecule has 0 unspecified atom stereocenters. The van der Waals surface area contributed by atoms with Crippen molar-refractivity contribution in [3.05, 3.63) is 54.6 Å². The molecule has 0 bridgehead atoms. The van der Waals surface area contributed by atoms with Gasteiger partial charge in [0, 0.05) is 11.8 Å². The maximum absolute atomic E-state index is 12.6. The quantitative estimate of drug-likeness (QED) is 0.814. The van der Waals surface area contributed by atoms with Gasteiger partial charge in [0.15, 0.2) is 0 Å². The summed E-state index contributed by atoms with van der Waals surface area (Å²) in [5, 5.41) is 0. The lowest BCUT2D eigenvalue weighted by Gasteiger charge is -2.24. The number of methoxy groups -OCH3 is 1. The van der Waals surface area contributed by atoms with E-state index in [9.17, 15) is 4.79 Å². The van der Waals surface area contributed by atoms with Crippen molar-refractivity contribution in [2.24, 2.45) is 0 Å². The summed E-state index contributed by atoms with van der Waals surface area (Å²) < 4.78 is 10.7. The molecule has 0 N–H and O–H groups in total. The van der Waals surface area contributed by atoms with Gasteiger partial charge in [0.2, 0.25) is 0 Å². The van der Waals surface area contributed by atoms with Crippen LogP contribution in [-0.4, -0.2) is 25.7 Å². The molecule has 0 fully saturated rings. The first-order chi connectivity index (χ1) is 10.6. The molecule has 0 spiro atoms. The van der Waals surface area contributed by atoms with E-state index >= 15 is 0 Å². The molecule has 0 heterocycles. The SMILES string of the molecule is COc1cccc(N(C(=O)COC(C)C)c2ccccc2)c1. The fourth-order valence-electron chi connectivity index (χ4n) is 2.07. The molecule has 1 amide bonds. The first kappa shape index (κ1) is 16.0. The Balaban J connectivity index is 2.35. The lowest BCUT2D eigenvalue weighted by Crippen LogP contribution is -2.30. The second-order valence-corrected chi connectivity index (χ2v) is 5.13. The Bertz CT molecular complexity index is 611. The van der Waals surface area contributed by atoms with Crippen LogP contribution < -0.4 is 9.64 Å². The van der Waals surface area contributed by atoms with Crippen LogP contribution in [0.1, 0.15) is 13.8 Å². The van der Waals surface area contributed by atoms with Crippen LogP contribution in [-0.2, 0) is 9.53 Å². The van der Waals surface area contributed by atoms with Crippen molar-refractivity contribution in [3.8, 4) is 5.75 Å². The average molecular weight is 299 g/mol. The first-order valence-electron chi connectivity index (χ1n) is 7.25. The second-order valence-electron chi connectivity index (χ2n) is 5.13. The monoisotopic (exact) mass is 299 g/mol. The van der Waals surface area contributed by atoms with E-state index in [0.29, 0.717) is 5.75 Å². The Hall–Kier alpha value is -2.33. The highest BCUT2D eigenvalue weighted by atomic mass is 16.5. The van der Waals surface area contributed by atoms with Crippen LogP contribution in [0.3, 0.4) is 0 Å². The van der Waals surface area contributed by atoms with Crippen molar-refractivity contribution in [1.29, 1.82) is 0 Å². The fourth-order valence-corrected chi connectivity index (χ4v) is 2.07. The van der Waals surface area contributed by atoms with E-state index in [2.05, 4.69) is 0 Å². The zero-order valence-corrected chi connectivity index (χ0v) is 13.2. The molecule has 0 aliphatic rings. The number of rotatable bonds is 6. The maximum Gasteiger partial charge on any atom is 0.257 e. The molecule has 0 atom stereocenters. The number of anilines is 2. The highest BCUT2D eigenvalue weighted by Gasteiger charge is 2.18. The van der Waals surface area contributed by atoms with Crippen molar-refractivity contribution < 1.29 is 14.3 Å². The molecule has 0 aliphatic heterocycles. The summed E-state index contributed by atoms with van der Waals surface area (Å²) in [5.41, 5.74) is 1.55. The Kier molecular flexibility index (Phi) is 5.55. The minimum Gasteiger partial charge on any atom is -0.497 e. The van der Waals surface area contributed by atoms with Crippen molar-refractivity contribution in [1.82, 2.24) is 0 Å². The Labute approximate surface area is 131 Å². The fraction of sp³-hybridized carbons (Fsp3) is 0.278. The number of hydrogen-bond acceptors (Lipinski definition) is 3. The minimum absolute atomic E-state index is 0.00637. The first-order valence-corrected chi connectivity index (χ1v) is 7.25. The Morgan fingerprint density at radius 3 is 2.36 bits per heavy atom. The third-order valence-electron chi connectivity index (χ3n) is 3.12. The van der Waals surface area contributed by atoms with Crippen molar-refractivity contribution in [2.45, 2.75) is 20.0 Å². The van der Waals surface area contributed by atoms with Crippen LogP contribution in [0.2, 0.25) is 0 Å². The lowest BCUT2D eigenvalue weighted by atomic mass is 10.2. The number of amides is 1. The molecule has 0 radical (unpaired) electrons. The van der Waals surface area contributed by atoms with Gasteiger partial charge >= 0.3 is 0 Å². The standard InChI is InChI=1S/C18H21NO3/c1-14(2)22-13-18(20)19(15-8-5-4-6-9-15)16-10-7-11-17(12-16)21-3/h4-12,14H,13H2,1-3H3. The molecule has 4 nitrogen and oxygen atoms in total. The van der Waals surface area contributed by atoms with Gasteiger partial charge in [-0.2, -0.15) is 0 Å². The predicted molar refractivity (Wildman–Crippen MR) is 87.7 cm³/mol. The van der Waals surface area contributed by atoms with Gasteiger partial charge in [0.05, 0.1) is 18.9 Å². The number of ether oxygens (including phenoxy) is 2. The third-order valence-corrected chi connectivity index (χ3v) is 3.12. The molecule has 0 saturated carbocycles. The zero-order chi connectivity index (χ0) is 15.9. The van der Waals surface area contributed by atoms with Gasteiger partial charge < -0.3 is 9.47 Å². The molecule has 116 valence electrons. The summed E-state index contributed by atoms with van der Waals surface area (Å²) in [5.74, 6) is 0.587. The number of carbonyl (C=O) groups excluding carboxylic acids is 1. The summed E-state index contributed by atoms with van der Waals surface area (Å²) in [6.07, 6.45) is 0.00637. The van der Waals surface area contributed by atoms with Gasteiger partial charge in [-0.3, -0.25) is 9.69 Å². The zero-order valence-electron chi connectivity index (χ0n) is 13.2. The van der Waals surface area contributed by atoms with E-state index in [1.54, 1.807) is 12.0 Å². The topological polar surface area (TPSA) is 38.8 Å². The molecule has 0 aromatic heterocycles. The normalized spacial score (nSPS) is 10.5. The van der Waals surface area contributed by atoms with Crippen LogP contribution in [0, 0.1) is 0 Å². The molecule has 0 saturated heterocycles. The van der Waals surface area contributed by atoms with Gasteiger partial charge in [-0.1, -0.05) is 24.3 Å². The van der Waals surface area contributed by atoms with E-state index in [4.69, 9.17) is 9.47 Å². The minimum atomic E-state index is -0.117. The third kappa shape index (κ3) is 4.09. The number of carbonyl (C=O) groups is 1. The predicted octanol–water partition coefficient (Wildman–Crippen LogP) is 3.78. The molecule has 0 aliphatic carbocycles. The Morgan fingerprint density at radius 2 is 1.73 bits per heavy atom. The summed E-state index contributed by atoms with van der Waals surface area (Å²) in [6, 6.07) is 16.9. The number of para-hydroxylation sites is 1. The summed E-state index contributed by atoms with van der Waals surface area (Å²) >= 11 is 0. The van der Waals surface area contributed by atoms with Gasteiger partial charge in [-0.05, 0) is 38.1 Å². The van der Waals surface area contributed by atoms with Crippen LogP contribution in [0.15, 0.2) is 54.6 Å². The lowest BCUT2D eigenvalue weighted by molar-refractivity contribution is -0.123. The average Bonchev–Trinajstić information content (AvgIpc) is 2.54. The van der Waals surface area contributed by atoms with Gasteiger partial charge in [0.25, 0.3) is 5.91 Å². The molecule has 2 rings (SSSR count). The number of benzene rings is 2. The van der Waals surface area contributed by atoms with E-state index in [-0.39, 0.29) is 18.6 Å². The smallest absolute Gasteiger partial charge is 0.257 e. The summed E-state index contributed by atoms with van der Waals surface area (Å²) in [6.45, 7) is 3.85. The second kappa shape index (κ2) is 7.61. The van der Waals surface area contributed by atoms with E-state index in [0.717, 1.165) is 11.4 Å². The molecule has 22 heavy (non-hydrogen) atoms. The van der Waals surface area contributed by atoms with E-state index < -0.39 is 0 Å². The van der Waals surface area contributed by atoms with E-state index in [1.807, 2.05) is 68.4 Å². The molecular weight excluding hydrogens is 278 g/mol. The number of nitrogens with zero attached hydrogens (tertiary/aromatic N) is 1. The van der Waals surface area contributed by atoms with E-state index in [1.165, 1.54) is 0 Å². The van der Waals surface area contributed by atoms with Crippen LogP contribution in [0.25, 0.3) is 0 Å². The summed E-state index contributed by atoms with van der Waals surface area (Å²) in [7, 11) is 1.61. The summed E-state index contributed by atoms with van der Waals surface area (Å²) in [4.78, 5) is 14.3. The van der Waals surface area contributed by atoms with Crippen LogP contribution in [0.5, 0.6) is 5.75 Å². The number of hydrogen-bond donors (Lipinski definition) is 0. The van der Waals surface area contributed by atoms with Gasteiger partial charge in [-0.25, -0.2) is 0 Å². The van der Waals surface area contributed by atoms with Crippen molar-refractivity contribution in [2.75, 3.05) is 18.6 Å². The molecular formula is C18H21NO3. The van der Waals surface area contributed by atoms with Crippen molar-refractivity contribution in [3.63, 3.8) is 0 Å². The maximum atomic E-state index is 12.6. The van der Waals surface area contributed by atoms with Gasteiger partial charge in [-0.15, -0.1) is 0 Å². The largest absolute Gasteiger partial charge is 0.497 e. The van der Waals surface area contributed by atoms with Crippen LogP contribution >= 0.6 is 0 Å². The van der Waals surface area contributed by atoms with Crippen LogP contribution in [0.4, 0.5) is 11.4 Å². The van der Waals surface area contributed by atoms with Gasteiger partial charge in [0.1, 0.15) is 12.4 Å². The highest BCUT2D eigenvalue weighted by Crippen LogP contribution is 2.28. The Morgan fingerprint density at radius 1 is 1.05 bits per heavy atom. The highest BCUT2D eigenvalue weighted by molar-refractivity contribution is 6.01.